The van der Waals surface area contributed by atoms with Crippen LogP contribution in [-0.2, 0) is 6.61 Å². The molecule has 0 unspecified atom stereocenters. The van der Waals surface area contributed by atoms with E-state index in [2.05, 4.69) is 35.2 Å². The Bertz CT molecular complexity index is 592. The minimum Gasteiger partial charge on any atom is -0.489 e. The average molecular weight is 310 g/mol. The monoisotopic (exact) mass is 310 g/mol. The molecular formula is C20H26N2O. The van der Waals surface area contributed by atoms with Gasteiger partial charge in [-0.1, -0.05) is 36.4 Å². The highest BCUT2D eigenvalue weighted by Crippen LogP contribution is 2.27. The first kappa shape index (κ1) is 15.9. The van der Waals surface area contributed by atoms with Crippen LogP contribution in [0.15, 0.2) is 54.6 Å². The van der Waals surface area contributed by atoms with Crippen LogP contribution >= 0.6 is 0 Å². The molecule has 0 bridgehead atoms. The van der Waals surface area contributed by atoms with E-state index in [0.717, 1.165) is 37.7 Å². The first-order valence-corrected chi connectivity index (χ1v) is 8.57. The maximum atomic E-state index is 5.94. The highest BCUT2D eigenvalue weighted by molar-refractivity contribution is 5.51. The van der Waals surface area contributed by atoms with Crippen molar-refractivity contribution in [1.82, 2.24) is 0 Å². The molecule has 0 saturated carbocycles. The minimum absolute atomic E-state index is 0.614. The molecule has 3 nitrogen and oxygen atoms in total. The Morgan fingerprint density at radius 2 is 1.78 bits per heavy atom. The van der Waals surface area contributed by atoms with Gasteiger partial charge in [-0.25, -0.2) is 0 Å². The lowest BCUT2D eigenvalue weighted by Crippen LogP contribution is -2.34. The summed E-state index contributed by atoms with van der Waals surface area (Å²) in [5.41, 5.74) is 8.14. The van der Waals surface area contributed by atoms with Crippen molar-refractivity contribution in [1.29, 1.82) is 0 Å². The zero-order valence-corrected chi connectivity index (χ0v) is 13.7. The lowest BCUT2D eigenvalue weighted by Gasteiger charge is -2.33. The van der Waals surface area contributed by atoms with Crippen molar-refractivity contribution in [3.63, 3.8) is 0 Å². The average Bonchev–Trinajstić information content (AvgIpc) is 2.62. The SMILES string of the molecule is NCCC1CCN(c2cccc(OCc3ccccc3)c2)CC1. The van der Waals surface area contributed by atoms with Crippen LogP contribution in [0.1, 0.15) is 24.8 Å². The second-order valence-electron chi connectivity index (χ2n) is 6.28. The van der Waals surface area contributed by atoms with E-state index in [9.17, 15) is 0 Å². The first-order valence-electron chi connectivity index (χ1n) is 8.57. The van der Waals surface area contributed by atoms with Gasteiger partial charge in [-0.3, -0.25) is 0 Å². The van der Waals surface area contributed by atoms with Gasteiger partial charge in [-0.2, -0.15) is 0 Å². The Morgan fingerprint density at radius 1 is 1.00 bits per heavy atom. The van der Waals surface area contributed by atoms with E-state index >= 15 is 0 Å². The topological polar surface area (TPSA) is 38.5 Å². The summed E-state index contributed by atoms with van der Waals surface area (Å²) in [6.07, 6.45) is 3.65. The fourth-order valence-corrected chi connectivity index (χ4v) is 3.23. The number of rotatable bonds is 6. The summed E-state index contributed by atoms with van der Waals surface area (Å²) in [4.78, 5) is 2.46. The number of anilines is 1. The summed E-state index contributed by atoms with van der Waals surface area (Å²) in [6, 6.07) is 18.7. The second-order valence-corrected chi connectivity index (χ2v) is 6.28. The smallest absolute Gasteiger partial charge is 0.121 e. The fraction of sp³-hybridized carbons (Fsp3) is 0.400. The number of nitrogens with two attached hydrogens (primary N) is 1. The molecule has 1 heterocycles. The maximum absolute atomic E-state index is 5.94. The molecule has 1 aliphatic heterocycles. The van der Waals surface area contributed by atoms with E-state index in [0.29, 0.717) is 6.61 Å². The number of piperidine rings is 1. The highest BCUT2D eigenvalue weighted by atomic mass is 16.5. The summed E-state index contributed by atoms with van der Waals surface area (Å²) in [5.74, 6) is 1.74. The maximum Gasteiger partial charge on any atom is 0.121 e. The largest absolute Gasteiger partial charge is 0.489 e. The molecule has 3 heteroatoms. The standard InChI is InChI=1S/C20H26N2O/c21-12-9-17-10-13-22(14-11-17)19-7-4-8-20(15-19)23-16-18-5-2-1-3-6-18/h1-8,15,17H,9-14,16,21H2. The van der Waals surface area contributed by atoms with Gasteiger partial charge in [0.25, 0.3) is 0 Å². The fourth-order valence-electron chi connectivity index (χ4n) is 3.23. The molecule has 2 aromatic rings. The number of nitrogens with zero attached hydrogens (tertiary/aromatic N) is 1. The van der Waals surface area contributed by atoms with Crippen molar-refractivity contribution in [2.24, 2.45) is 11.7 Å². The molecule has 0 atom stereocenters. The number of ether oxygens (including phenoxy) is 1. The van der Waals surface area contributed by atoms with E-state index in [1.165, 1.54) is 24.1 Å². The first-order chi connectivity index (χ1) is 11.3. The number of hydrogen-bond acceptors (Lipinski definition) is 3. The Kier molecular flexibility index (Phi) is 5.54. The van der Waals surface area contributed by atoms with E-state index in [4.69, 9.17) is 10.5 Å². The van der Waals surface area contributed by atoms with Crippen LogP contribution in [0.25, 0.3) is 0 Å². The van der Waals surface area contributed by atoms with Crippen LogP contribution in [0.2, 0.25) is 0 Å². The van der Waals surface area contributed by atoms with Gasteiger partial charge < -0.3 is 15.4 Å². The molecule has 2 N–H and O–H groups in total. The van der Waals surface area contributed by atoms with Gasteiger partial charge in [0.1, 0.15) is 12.4 Å². The molecule has 1 fully saturated rings. The summed E-state index contributed by atoms with van der Waals surface area (Å²) in [7, 11) is 0. The van der Waals surface area contributed by atoms with E-state index in [-0.39, 0.29) is 0 Å². The zero-order chi connectivity index (χ0) is 15.9. The van der Waals surface area contributed by atoms with Gasteiger partial charge in [-0.05, 0) is 49.4 Å². The third-order valence-corrected chi connectivity index (χ3v) is 4.62. The van der Waals surface area contributed by atoms with Gasteiger partial charge in [-0.15, -0.1) is 0 Å². The lowest BCUT2D eigenvalue weighted by atomic mass is 9.93. The van der Waals surface area contributed by atoms with Crippen molar-refractivity contribution < 1.29 is 4.74 Å². The Morgan fingerprint density at radius 3 is 2.52 bits per heavy atom. The van der Waals surface area contributed by atoms with Crippen molar-refractivity contribution in [3.8, 4) is 5.75 Å². The van der Waals surface area contributed by atoms with Crippen LogP contribution in [0, 0.1) is 5.92 Å². The molecule has 1 aliphatic rings. The molecule has 23 heavy (non-hydrogen) atoms. The minimum atomic E-state index is 0.614. The molecule has 0 radical (unpaired) electrons. The Hall–Kier alpha value is -2.00. The van der Waals surface area contributed by atoms with Gasteiger partial charge in [0, 0.05) is 24.8 Å². The molecule has 2 aromatic carbocycles. The summed E-state index contributed by atoms with van der Waals surface area (Å²) >= 11 is 0. The van der Waals surface area contributed by atoms with E-state index in [1.54, 1.807) is 0 Å². The predicted molar refractivity (Wildman–Crippen MR) is 95.8 cm³/mol. The van der Waals surface area contributed by atoms with E-state index in [1.807, 2.05) is 24.3 Å². The highest BCUT2D eigenvalue weighted by Gasteiger charge is 2.18. The van der Waals surface area contributed by atoms with Gasteiger partial charge in [0.05, 0.1) is 0 Å². The summed E-state index contributed by atoms with van der Waals surface area (Å²) in [5, 5.41) is 0. The molecule has 1 saturated heterocycles. The van der Waals surface area contributed by atoms with Gasteiger partial charge >= 0.3 is 0 Å². The van der Waals surface area contributed by atoms with Crippen LogP contribution < -0.4 is 15.4 Å². The Balaban J connectivity index is 1.57. The molecule has 0 spiro atoms. The molecule has 3 rings (SSSR count). The van der Waals surface area contributed by atoms with Crippen molar-refractivity contribution in [2.75, 3.05) is 24.5 Å². The number of benzene rings is 2. The Labute approximate surface area is 139 Å². The van der Waals surface area contributed by atoms with Gasteiger partial charge in [0.15, 0.2) is 0 Å². The lowest BCUT2D eigenvalue weighted by molar-refractivity contribution is 0.306. The predicted octanol–water partition coefficient (Wildman–Crippen LogP) is 3.83. The van der Waals surface area contributed by atoms with Crippen molar-refractivity contribution in [3.05, 3.63) is 60.2 Å². The van der Waals surface area contributed by atoms with Crippen LogP contribution in [-0.4, -0.2) is 19.6 Å². The van der Waals surface area contributed by atoms with Gasteiger partial charge in [0.2, 0.25) is 0 Å². The third-order valence-electron chi connectivity index (χ3n) is 4.62. The van der Waals surface area contributed by atoms with Crippen LogP contribution in [0.4, 0.5) is 5.69 Å². The molecule has 0 aliphatic carbocycles. The van der Waals surface area contributed by atoms with Crippen molar-refractivity contribution >= 4 is 5.69 Å². The summed E-state index contributed by atoms with van der Waals surface area (Å²) < 4.78 is 5.94. The van der Waals surface area contributed by atoms with Crippen LogP contribution in [0.5, 0.6) is 5.75 Å². The van der Waals surface area contributed by atoms with E-state index < -0.39 is 0 Å². The third kappa shape index (κ3) is 4.49. The van der Waals surface area contributed by atoms with Crippen LogP contribution in [0.3, 0.4) is 0 Å². The number of hydrogen-bond donors (Lipinski definition) is 1. The second kappa shape index (κ2) is 8.02. The quantitative estimate of drug-likeness (QED) is 0.881. The molecular weight excluding hydrogens is 284 g/mol. The normalized spacial score (nSPS) is 15.6. The molecule has 122 valence electrons. The molecule has 0 amide bonds. The zero-order valence-electron chi connectivity index (χ0n) is 13.7. The van der Waals surface area contributed by atoms with Crippen molar-refractivity contribution in [2.45, 2.75) is 25.9 Å². The molecule has 0 aromatic heterocycles. The summed E-state index contributed by atoms with van der Waals surface area (Å²) in [6.45, 7) is 3.66.